The van der Waals surface area contributed by atoms with E-state index in [1.165, 1.54) is 4.68 Å². The molecule has 0 radical (unpaired) electrons. The van der Waals surface area contributed by atoms with E-state index in [4.69, 9.17) is 14.2 Å². The van der Waals surface area contributed by atoms with Crippen molar-refractivity contribution in [2.75, 3.05) is 19.0 Å². The van der Waals surface area contributed by atoms with Crippen molar-refractivity contribution < 1.29 is 23.8 Å². The number of hydrogen-bond acceptors (Lipinski definition) is 6. The zero-order chi connectivity index (χ0) is 23.3. The molecule has 8 nitrogen and oxygen atoms in total. The minimum Gasteiger partial charge on any atom is -0.497 e. The molecule has 0 saturated heterocycles. The van der Waals surface area contributed by atoms with E-state index in [-0.39, 0.29) is 5.91 Å². The van der Waals surface area contributed by atoms with Crippen LogP contribution < -0.4 is 14.8 Å². The predicted octanol–water partition coefficient (Wildman–Crippen LogP) is 5.26. The van der Waals surface area contributed by atoms with Crippen molar-refractivity contribution in [3.05, 3.63) is 48.2 Å². The molecule has 8 heteroatoms. The number of anilines is 1. The normalized spacial score (nSPS) is 11.3. The third-order valence-corrected chi connectivity index (χ3v) is 4.58. The van der Waals surface area contributed by atoms with Crippen molar-refractivity contribution in [3.63, 3.8) is 0 Å². The first-order chi connectivity index (χ1) is 15.2. The Morgan fingerprint density at radius 3 is 2.59 bits per heavy atom. The van der Waals surface area contributed by atoms with Crippen molar-refractivity contribution in [2.45, 2.75) is 46.1 Å². The Hall–Kier alpha value is -3.55. The number of nitrogens with zero attached hydrogens (tertiary/aromatic N) is 2. The Balaban J connectivity index is 1.85. The Morgan fingerprint density at radius 1 is 1.12 bits per heavy atom. The summed E-state index contributed by atoms with van der Waals surface area (Å²) in [6.07, 6.45) is 2.85. The monoisotopic (exact) mass is 439 g/mol. The maximum Gasteiger partial charge on any atom is 0.435 e. The Bertz CT molecular complexity index is 1110. The van der Waals surface area contributed by atoms with Gasteiger partial charge in [0.2, 0.25) is 0 Å². The van der Waals surface area contributed by atoms with Gasteiger partial charge in [0.1, 0.15) is 17.1 Å². The van der Waals surface area contributed by atoms with Gasteiger partial charge in [0.05, 0.1) is 31.0 Å². The third-order valence-electron chi connectivity index (χ3n) is 4.58. The molecule has 3 aromatic rings. The SMILES string of the molecule is CCCCOc1cc(OC)ccc1C(=O)Nc1ccc2cnn(C(=O)OC(C)(C)C)c2c1. The first kappa shape index (κ1) is 23.1. The number of ether oxygens (including phenoxy) is 3. The van der Waals surface area contributed by atoms with Gasteiger partial charge in [-0.2, -0.15) is 9.78 Å². The molecule has 0 atom stereocenters. The molecule has 0 spiro atoms. The highest BCUT2D eigenvalue weighted by Gasteiger charge is 2.21. The molecule has 0 unspecified atom stereocenters. The largest absolute Gasteiger partial charge is 0.497 e. The maximum atomic E-state index is 13.0. The van der Waals surface area contributed by atoms with Gasteiger partial charge in [-0.05, 0) is 57.5 Å². The highest BCUT2D eigenvalue weighted by atomic mass is 16.6. The molecule has 2 aromatic carbocycles. The Morgan fingerprint density at radius 2 is 1.91 bits per heavy atom. The molecular weight excluding hydrogens is 410 g/mol. The fourth-order valence-electron chi connectivity index (χ4n) is 3.01. The molecule has 32 heavy (non-hydrogen) atoms. The lowest BCUT2D eigenvalue weighted by Crippen LogP contribution is -2.27. The molecule has 1 N–H and O–H groups in total. The summed E-state index contributed by atoms with van der Waals surface area (Å²) in [4.78, 5) is 25.5. The van der Waals surface area contributed by atoms with E-state index < -0.39 is 11.7 Å². The molecule has 1 amide bonds. The van der Waals surface area contributed by atoms with Gasteiger partial charge in [0, 0.05) is 17.1 Å². The molecule has 1 heterocycles. The molecule has 0 aliphatic heterocycles. The molecule has 0 bridgehead atoms. The van der Waals surface area contributed by atoms with E-state index in [2.05, 4.69) is 17.3 Å². The summed E-state index contributed by atoms with van der Waals surface area (Å²) in [6.45, 7) is 7.94. The fraction of sp³-hybridized carbons (Fsp3) is 0.375. The van der Waals surface area contributed by atoms with Crippen LogP contribution in [0, 0.1) is 0 Å². The van der Waals surface area contributed by atoms with Crippen molar-refractivity contribution in [3.8, 4) is 11.5 Å². The van der Waals surface area contributed by atoms with E-state index in [0.717, 1.165) is 18.2 Å². The molecule has 0 aliphatic rings. The quantitative estimate of drug-likeness (QED) is 0.505. The van der Waals surface area contributed by atoms with Crippen LogP contribution in [0.4, 0.5) is 10.5 Å². The highest BCUT2D eigenvalue weighted by Crippen LogP contribution is 2.27. The van der Waals surface area contributed by atoms with Crippen LogP contribution in [0.2, 0.25) is 0 Å². The van der Waals surface area contributed by atoms with E-state index in [1.54, 1.807) is 70.5 Å². The van der Waals surface area contributed by atoms with Crippen LogP contribution in [0.3, 0.4) is 0 Å². The second kappa shape index (κ2) is 9.72. The zero-order valence-electron chi connectivity index (χ0n) is 19.1. The summed E-state index contributed by atoms with van der Waals surface area (Å²) < 4.78 is 17.7. The van der Waals surface area contributed by atoms with Crippen molar-refractivity contribution in [1.29, 1.82) is 0 Å². The minimum atomic E-state index is -0.649. The van der Waals surface area contributed by atoms with Gasteiger partial charge in [-0.3, -0.25) is 4.79 Å². The molecule has 3 rings (SSSR count). The topological polar surface area (TPSA) is 91.7 Å². The maximum absolute atomic E-state index is 13.0. The summed E-state index contributed by atoms with van der Waals surface area (Å²) in [6, 6.07) is 10.3. The first-order valence-corrected chi connectivity index (χ1v) is 10.5. The third kappa shape index (κ3) is 5.57. The van der Waals surface area contributed by atoms with E-state index in [9.17, 15) is 9.59 Å². The van der Waals surface area contributed by atoms with Crippen LogP contribution in [-0.2, 0) is 4.74 Å². The number of fused-ring (bicyclic) bond motifs is 1. The summed E-state index contributed by atoms with van der Waals surface area (Å²) in [7, 11) is 1.56. The van der Waals surface area contributed by atoms with Gasteiger partial charge in [-0.15, -0.1) is 0 Å². The van der Waals surface area contributed by atoms with Crippen LogP contribution in [0.25, 0.3) is 10.9 Å². The zero-order valence-corrected chi connectivity index (χ0v) is 19.1. The fourth-order valence-corrected chi connectivity index (χ4v) is 3.01. The van der Waals surface area contributed by atoms with Crippen LogP contribution in [0.1, 0.15) is 50.9 Å². The standard InChI is InChI=1S/C24H29N3O5/c1-6-7-12-31-21-14-18(30-5)10-11-19(21)22(28)26-17-9-8-16-15-25-27(20(16)13-17)23(29)32-24(2,3)4/h8-11,13-15H,6-7,12H2,1-5H3,(H,26,28). The highest BCUT2D eigenvalue weighted by molar-refractivity contribution is 6.07. The van der Waals surface area contributed by atoms with E-state index in [0.29, 0.717) is 34.9 Å². The number of unbranched alkanes of at least 4 members (excludes halogenated alkanes) is 1. The summed E-state index contributed by atoms with van der Waals surface area (Å²) in [5.41, 5.74) is 0.793. The Kier molecular flexibility index (Phi) is 7.02. The summed E-state index contributed by atoms with van der Waals surface area (Å²) >= 11 is 0. The van der Waals surface area contributed by atoms with E-state index >= 15 is 0 Å². The lowest BCUT2D eigenvalue weighted by atomic mass is 10.1. The number of carbonyl (C=O) groups is 2. The number of nitrogens with one attached hydrogen (secondary N) is 1. The predicted molar refractivity (Wildman–Crippen MR) is 123 cm³/mol. The van der Waals surface area contributed by atoms with Crippen LogP contribution in [0.5, 0.6) is 11.5 Å². The number of amides is 1. The van der Waals surface area contributed by atoms with Gasteiger partial charge >= 0.3 is 6.09 Å². The molecule has 170 valence electrons. The van der Waals surface area contributed by atoms with Crippen LogP contribution in [0.15, 0.2) is 42.6 Å². The van der Waals surface area contributed by atoms with Crippen molar-refractivity contribution in [1.82, 2.24) is 9.78 Å². The first-order valence-electron chi connectivity index (χ1n) is 10.5. The number of benzene rings is 2. The number of hydrogen-bond donors (Lipinski definition) is 1. The van der Waals surface area contributed by atoms with Crippen LogP contribution >= 0.6 is 0 Å². The number of methoxy groups -OCH3 is 1. The molecule has 0 saturated carbocycles. The second-order valence-corrected chi connectivity index (χ2v) is 8.33. The molecular formula is C24H29N3O5. The lowest BCUT2D eigenvalue weighted by molar-refractivity contribution is 0.0522. The van der Waals surface area contributed by atoms with Gasteiger partial charge < -0.3 is 19.5 Å². The van der Waals surface area contributed by atoms with Crippen molar-refractivity contribution in [2.24, 2.45) is 0 Å². The van der Waals surface area contributed by atoms with Gasteiger partial charge in [-0.1, -0.05) is 13.3 Å². The average Bonchev–Trinajstić information content (AvgIpc) is 3.16. The number of rotatable bonds is 7. The minimum absolute atomic E-state index is 0.332. The summed E-state index contributed by atoms with van der Waals surface area (Å²) in [5, 5.41) is 7.75. The van der Waals surface area contributed by atoms with Gasteiger partial charge in [-0.25, -0.2) is 4.79 Å². The van der Waals surface area contributed by atoms with Gasteiger partial charge in [0.15, 0.2) is 0 Å². The van der Waals surface area contributed by atoms with E-state index in [1.807, 2.05) is 0 Å². The van der Waals surface area contributed by atoms with Gasteiger partial charge in [0.25, 0.3) is 5.91 Å². The Labute approximate surface area is 187 Å². The number of aromatic nitrogens is 2. The molecule has 0 fully saturated rings. The van der Waals surface area contributed by atoms with Crippen LogP contribution in [-0.4, -0.2) is 41.1 Å². The molecule has 1 aromatic heterocycles. The lowest BCUT2D eigenvalue weighted by Gasteiger charge is -2.19. The number of carbonyl (C=O) groups excluding carboxylic acids is 2. The summed E-state index contributed by atoms with van der Waals surface area (Å²) in [5.74, 6) is 0.729. The molecule has 0 aliphatic carbocycles. The smallest absolute Gasteiger partial charge is 0.435 e. The second-order valence-electron chi connectivity index (χ2n) is 8.33. The van der Waals surface area contributed by atoms with Crippen molar-refractivity contribution >= 4 is 28.6 Å². The average molecular weight is 440 g/mol.